The number of halogens is 1. The van der Waals surface area contributed by atoms with E-state index < -0.39 is 5.91 Å². The maximum absolute atomic E-state index is 12.7. The van der Waals surface area contributed by atoms with Gasteiger partial charge in [0.1, 0.15) is 17.4 Å². The van der Waals surface area contributed by atoms with Gasteiger partial charge in [0.25, 0.3) is 11.8 Å². The van der Waals surface area contributed by atoms with Crippen LogP contribution in [0.3, 0.4) is 0 Å². The molecule has 2 N–H and O–H groups in total. The largest absolute Gasteiger partial charge is 0.483 e. The molecule has 172 valence electrons. The Morgan fingerprint density at radius 1 is 0.971 bits per heavy atom. The van der Waals surface area contributed by atoms with Crippen molar-refractivity contribution in [2.75, 3.05) is 17.2 Å². The number of ether oxygens (including phenoxy) is 1. The number of aryl methyl sites for hydroxylation is 3. The molecule has 3 rings (SSSR count). The van der Waals surface area contributed by atoms with Crippen LogP contribution in [0.4, 0.5) is 11.4 Å². The molecule has 0 saturated carbocycles. The number of carbonyl (C=O) groups is 2. The Kier molecular flexibility index (Phi) is 8.07. The number of rotatable bonds is 7. The molecule has 3 aromatic rings. The average molecular weight is 474 g/mol. The van der Waals surface area contributed by atoms with Crippen LogP contribution >= 0.6 is 11.6 Å². The Balaban J connectivity index is 1.77. The van der Waals surface area contributed by atoms with Crippen LogP contribution in [0.2, 0.25) is 5.02 Å². The van der Waals surface area contributed by atoms with Gasteiger partial charge in [0.15, 0.2) is 6.61 Å². The zero-order chi connectivity index (χ0) is 24.7. The van der Waals surface area contributed by atoms with E-state index in [4.69, 9.17) is 16.3 Å². The van der Waals surface area contributed by atoms with E-state index >= 15 is 0 Å². The van der Waals surface area contributed by atoms with Gasteiger partial charge in [-0.05, 0) is 73.9 Å². The average Bonchev–Trinajstić information content (AvgIpc) is 2.80. The molecule has 6 nitrogen and oxygen atoms in total. The molecule has 0 atom stereocenters. The highest BCUT2D eigenvalue weighted by Gasteiger charge is 2.14. The number of nitrogens with zero attached hydrogens (tertiary/aromatic N) is 1. The fourth-order valence-electron chi connectivity index (χ4n) is 3.17. The molecule has 0 aromatic heterocycles. The van der Waals surface area contributed by atoms with Gasteiger partial charge in [-0.25, -0.2) is 0 Å². The summed E-state index contributed by atoms with van der Waals surface area (Å²) in [6.45, 7) is 5.45. The van der Waals surface area contributed by atoms with Gasteiger partial charge < -0.3 is 15.4 Å². The molecule has 0 spiro atoms. The molecule has 3 aromatic carbocycles. The summed E-state index contributed by atoms with van der Waals surface area (Å²) in [5, 5.41) is 15.5. The number of nitrogens with one attached hydrogen (secondary N) is 2. The highest BCUT2D eigenvalue weighted by atomic mass is 35.5. The van der Waals surface area contributed by atoms with E-state index in [1.165, 1.54) is 6.08 Å². The predicted molar refractivity (Wildman–Crippen MR) is 135 cm³/mol. The topological polar surface area (TPSA) is 91.2 Å². The van der Waals surface area contributed by atoms with Crippen LogP contribution in [0.25, 0.3) is 6.08 Å². The van der Waals surface area contributed by atoms with Gasteiger partial charge in [0.2, 0.25) is 0 Å². The van der Waals surface area contributed by atoms with Crippen LogP contribution in [0.5, 0.6) is 5.75 Å². The number of amides is 2. The van der Waals surface area contributed by atoms with Crippen LogP contribution in [-0.4, -0.2) is 18.4 Å². The molecule has 0 radical (unpaired) electrons. The maximum atomic E-state index is 12.7. The molecular formula is C27H24ClN3O3. The van der Waals surface area contributed by atoms with Gasteiger partial charge in [-0.3, -0.25) is 9.59 Å². The minimum atomic E-state index is -0.560. The number of anilines is 2. The van der Waals surface area contributed by atoms with Crippen molar-refractivity contribution in [2.24, 2.45) is 0 Å². The van der Waals surface area contributed by atoms with Crippen molar-refractivity contribution in [1.29, 1.82) is 5.26 Å². The lowest BCUT2D eigenvalue weighted by Crippen LogP contribution is -2.21. The van der Waals surface area contributed by atoms with E-state index in [1.54, 1.807) is 30.3 Å². The van der Waals surface area contributed by atoms with E-state index in [1.807, 2.05) is 57.2 Å². The van der Waals surface area contributed by atoms with Crippen molar-refractivity contribution in [1.82, 2.24) is 0 Å². The summed E-state index contributed by atoms with van der Waals surface area (Å²) in [5.41, 5.74) is 4.43. The second kappa shape index (κ2) is 11.2. The summed E-state index contributed by atoms with van der Waals surface area (Å²) >= 11 is 6.13. The summed E-state index contributed by atoms with van der Waals surface area (Å²) in [5.74, 6) is -0.580. The molecule has 0 unspecified atom stereocenters. The highest BCUT2D eigenvalue weighted by Crippen LogP contribution is 2.26. The molecule has 0 fully saturated rings. The first kappa shape index (κ1) is 24.6. The van der Waals surface area contributed by atoms with Crippen molar-refractivity contribution in [3.05, 3.63) is 93.5 Å². The smallest absolute Gasteiger partial charge is 0.266 e. The van der Waals surface area contributed by atoms with E-state index in [9.17, 15) is 14.9 Å². The third-order valence-corrected chi connectivity index (χ3v) is 5.29. The van der Waals surface area contributed by atoms with E-state index in [0.717, 1.165) is 16.7 Å². The lowest BCUT2D eigenvalue weighted by atomic mass is 10.1. The fraction of sp³-hybridized carbons (Fsp3) is 0.148. The minimum absolute atomic E-state index is 0.129. The number of hydrogen-bond donors (Lipinski definition) is 2. The number of nitriles is 1. The molecule has 34 heavy (non-hydrogen) atoms. The van der Waals surface area contributed by atoms with Crippen molar-refractivity contribution in [3.63, 3.8) is 0 Å². The maximum Gasteiger partial charge on any atom is 0.266 e. The monoisotopic (exact) mass is 473 g/mol. The zero-order valence-corrected chi connectivity index (χ0v) is 19.9. The standard InChI is InChI=1S/C27H24ClN3O3/c1-17-8-9-19(3)24(12-17)30-26(32)16-34-25-11-10-22(28)14-20(25)13-21(15-29)27(33)31-23-7-5-4-6-18(23)2/h4-14H,16H2,1-3H3,(H,30,32)(H,31,33)/b21-13-. The summed E-state index contributed by atoms with van der Waals surface area (Å²) in [6, 6.07) is 19.7. The van der Waals surface area contributed by atoms with Crippen LogP contribution in [0.1, 0.15) is 22.3 Å². The number of carbonyl (C=O) groups excluding carboxylic acids is 2. The highest BCUT2D eigenvalue weighted by molar-refractivity contribution is 6.30. The van der Waals surface area contributed by atoms with Gasteiger partial charge in [0, 0.05) is 22.0 Å². The van der Waals surface area contributed by atoms with Crippen molar-refractivity contribution >= 4 is 40.9 Å². The summed E-state index contributed by atoms with van der Waals surface area (Å²) in [7, 11) is 0. The van der Waals surface area contributed by atoms with Gasteiger partial charge in [-0.1, -0.05) is 41.9 Å². The molecule has 2 amide bonds. The quantitative estimate of drug-likeness (QED) is 0.333. The predicted octanol–water partition coefficient (Wildman–Crippen LogP) is 5.83. The summed E-state index contributed by atoms with van der Waals surface area (Å²) in [4.78, 5) is 25.1. The van der Waals surface area contributed by atoms with E-state index in [2.05, 4.69) is 10.6 Å². The Labute approximate surface area is 203 Å². The molecule has 7 heteroatoms. The second-order valence-electron chi connectivity index (χ2n) is 7.78. The molecule has 0 heterocycles. The Hall–Kier alpha value is -4.08. The lowest BCUT2D eigenvalue weighted by molar-refractivity contribution is -0.118. The van der Waals surface area contributed by atoms with Crippen molar-refractivity contribution < 1.29 is 14.3 Å². The SMILES string of the molecule is Cc1ccc(C)c(NC(=O)COc2ccc(Cl)cc2/C=C(/C#N)C(=O)Nc2ccccc2C)c1. The lowest BCUT2D eigenvalue weighted by Gasteiger charge is -2.12. The zero-order valence-electron chi connectivity index (χ0n) is 19.1. The van der Waals surface area contributed by atoms with E-state index in [-0.39, 0.29) is 18.1 Å². The summed E-state index contributed by atoms with van der Waals surface area (Å²) in [6.07, 6.45) is 1.39. The van der Waals surface area contributed by atoms with Gasteiger partial charge in [0.05, 0.1) is 0 Å². The first-order valence-electron chi connectivity index (χ1n) is 10.5. The number of para-hydroxylation sites is 1. The van der Waals surface area contributed by atoms with Crippen molar-refractivity contribution in [2.45, 2.75) is 20.8 Å². The molecule has 0 bridgehead atoms. The Bertz CT molecular complexity index is 1310. The van der Waals surface area contributed by atoms with Crippen molar-refractivity contribution in [3.8, 4) is 11.8 Å². The Morgan fingerprint density at radius 2 is 1.71 bits per heavy atom. The molecule has 0 aliphatic rings. The normalized spacial score (nSPS) is 10.9. The van der Waals surface area contributed by atoms with Crippen LogP contribution in [0, 0.1) is 32.1 Å². The van der Waals surface area contributed by atoms with Crippen LogP contribution in [0.15, 0.2) is 66.2 Å². The molecule has 0 aliphatic carbocycles. The third kappa shape index (κ3) is 6.47. The number of hydrogen-bond acceptors (Lipinski definition) is 4. The fourth-order valence-corrected chi connectivity index (χ4v) is 3.35. The van der Waals surface area contributed by atoms with Gasteiger partial charge in [-0.15, -0.1) is 0 Å². The van der Waals surface area contributed by atoms with E-state index in [0.29, 0.717) is 27.7 Å². The van der Waals surface area contributed by atoms with Gasteiger partial charge >= 0.3 is 0 Å². The first-order valence-corrected chi connectivity index (χ1v) is 10.9. The van der Waals surface area contributed by atoms with Gasteiger partial charge in [-0.2, -0.15) is 5.26 Å². The minimum Gasteiger partial charge on any atom is -0.483 e. The summed E-state index contributed by atoms with van der Waals surface area (Å²) < 4.78 is 5.70. The molecule has 0 saturated heterocycles. The molecule has 0 aliphatic heterocycles. The first-order chi connectivity index (χ1) is 16.3. The number of benzene rings is 3. The van der Waals surface area contributed by atoms with Crippen LogP contribution < -0.4 is 15.4 Å². The molecular weight excluding hydrogens is 450 g/mol. The Morgan fingerprint density at radius 3 is 2.44 bits per heavy atom. The second-order valence-corrected chi connectivity index (χ2v) is 8.21. The third-order valence-electron chi connectivity index (χ3n) is 5.06. The van der Waals surface area contributed by atoms with Crippen LogP contribution in [-0.2, 0) is 9.59 Å².